The van der Waals surface area contributed by atoms with Crippen LogP contribution in [-0.2, 0) is 5.41 Å². The third-order valence-electron chi connectivity index (χ3n) is 7.64. The van der Waals surface area contributed by atoms with Gasteiger partial charge in [0.15, 0.2) is 0 Å². The lowest BCUT2D eigenvalue weighted by Crippen LogP contribution is -2.15. The SMILES string of the molecule is CC1(C)c2ccccc2-c2ccc3c(c21)c1ccccc1n3-c1cccc(-c2cc(C#N)ccn2)c1. The van der Waals surface area contributed by atoms with E-state index in [0.717, 1.165) is 16.9 Å². The molecule has 170 valence electrons. The molecule has 36 heavy (non-hydrogen) atoms. The number of para-hydroxylation sites is 1. The number of pyridine rings is 1. The Kier molecular flexibility index (Phi) is 4.25. The van der Waals surface area contributed by atoms with Gasteiger partial charge < -0.3 is 4.57 Å². The lowest BCUT2D eigenvalue weighted by Gasteiger charge is -2.22. The molecule has 0 spiro atoms. The van der Waals surface area contributed by atoms with Crippen molar-refractivity contribution in [3.8, 4) is 34.1 Å². The van der Waals surface area contributed by atoms with Crippen LogP contribution >= 0.6 is 0 Å². The van der Waals surface area contributed by atoms with Gasteiger partial charge >= 0.3 is 0 Å². The van der Waals surface area contributed by atoms with Gasteiger partial charge in [-0.15, -0.1) is 0 Å². The number of aromatic nitrogens is 2. The molecule has 3 nitrogen and oxygen atoms in total. The van der Waals surface area contributed by atoms with Crippen LogP contribution in [0.15, 0.2) is 103 Å². The van der Waals surface area contributed by atoms with Gasteiger partial charge in [-0.1, -0.05) is 74.5 Å². The molecule has 0 amide bonds. The molecule has 0 unspecified atom stereocenters. The number of nitriles is 1. The van der Waals surface area contributed by atoms with E-state index in [1.807, 2.05) is 6.07 Å². The summed E-state index contributed by atoms with van der Waals surface area (Å²) in [6.07, 6.45) is 1.70. The monoisotopic (exact) mass is 461 g/mol. The molecule has 0 fully saturated rings. The summed E-state index contributed by atoms with van der Waals surface area (Å²) in [6.45, 7) is 4.69. The Balaban J connectivity index is 1.54. The molecule has 0 atom stereocenters. The Morgan fingerprint density at radius 1 is 0.778 bits per heavy atom. The molecule has 2 aromatic heterocycles. The van der Waals surface area contributed by atoms with Crippen molar-refractivity contribution in [2.24, 2.45) is 0 Å². The smallest absolute Gasteiger partial charge is 0.0992 e. The average Bonchev–Trinajstić information content (AvgIpc) is 3.38. The Morgan fingerprint density at radius 3 is 2.50 bits per heavy atom. The highest BCUT2D eigenvalue weighted by molar-refractivity contribution is 6.14. The first-order valence-corrected chi connectivity index (χ1v) is 12.2. The van der Waals surface area contributed by atoms with Gasteiger partial charge in [-0.3, -0.25) is 4.98 Å². The van der Waals surface area contributed by atoms with Crippen molar-refractivity contribution in [1.29, 1.82) is 5.26 Å². The Labute approximate surface area is 209 Å². The number of hydrogen-bond acceptors (Lipinski definition) is 2. The first kappa shape index (κ1) is 20.7. The minimum Gasteiger partial charge on any atom is -0.309 e. The highest BCUT2D eigenvalue weighted by Crippen LogP contribution is 2.53. The van der Waals surface area contributed by atoms with Crippen LogP contribution in [0, 0.1) is 11.3 Å². The van der Waals surface area contributed by atoms with E-state index >= 15 is 0 Å². The largest absolute Gasteiger partial charge is 0.309 e. The van der Waals surface area contributed by atoms with Crippen molar-refractivity contribution in [3.63, 3.8) is 0 Å². The van der Waals surface area contributed by atoms with E-state index in [1.54, 1.807) is 12.3 Å². The predicted octanol–water partition coefficient (Wildman–Crippen LogP) is 8.02. The molecule has 0 radical (unpaired) electrons. The fraction of sp³-hybridized carbons (Fsp3) is 0.0909. The maximum atomic E-state index is 9.35. The van der Waals surface area contributed by atoms with Crippen LogP contribution in [0.5, 0.6) is 0 Å². The lowest BCUT2D eigenvalue weighted by atomic mass is 9.80. The molecule has 6 aromatic rings. The predicted molar refractivity (Wildman–Crippen MR) is 146 cm³/mol. The van der Waals surface area contributed by atoms with E-state index in [0.29, 0.717) is 5.56 Å². The van der Waals surface area contributed by atoms with Crippen molar-refractivity contribution in [2.45, 2.75) is 19.3 Å². The molecular weight excluding hydrogens is 438 g/mol. The number of nitrogens with zero attached hydrogens (tertiary/aromatic N) is 3. The summed E-state index contributed by atoms with van der Waals surface area (Å²) in [6, 6.07) is 36.3. The molecule has 0 aliphatic heterocycles. The third kappa shape index (κ3) is 2.76. The molecular formula is C33H23N3. The molecule has 0 saturated heterocycles. The summed E-state index contributed by atoms with van der Waals surface area (Å²) in [5, 5.41) is 11.9. The first-order chi connectivity index (χ1) is 17.6. The third-order valence-corrected chi connectivity index (χ3v) is 7.64. The zero-order chi connectivity index (χ0) is 24.4. The van der Waals surface area contributed by atoms with Crippen molar-refractivity contribution in [3.05, 3.63) is 120 Å². The quantitative estimate of drug-likeness (QED) is 0.262. The topological polar surface area (TPSA) is 41.6 Å². The van der Waals surface area contributed by atoms with Gasteiger partial charge in [0.1, 0.15) is 0 Å². The molecule has 1 aliphatic carbocycles. The van der Waals surface area contributed by atoms with Crippen molar-refractivity contribution >= 4 is 21.8 Å². The second kappa shape index (κ2) is 7.41. The first-order valence-electron chi connectivity index (χ1n) is 12.2. The Hall–Kier alpha value is -4.68. The van der Waals surface area contributed by atoms with E-state index < -0.39 is 0 Å². The summed E-state index contributed by atoms with van der Waals surface area (Å²) in [5.41, 5.74) is 11.2. The van der Waals surface area contributed by atoms with Crippen molar-refractivity contribution in [2.75, 3.05) is 0 Å². The standard InChI is InChI=1S/C33H23N3/c1-33(2)27-12-5-3-10-24(27)25-14-15-30-31(32(25)33)26-11-4-6-13-29(26)36(30)23-9-7-8-22(19-23)28-18-21(20-34)16-17-35-28/h3-19H,1-2H3. The van der Waals surface area contributed by atoms with Crippen LogP contribution in [-0.4, -0.2) is 9.55 Å². The lowest BCUT2D eigenvalue weighted by molar-refractivity contribution is 0.666. The summed E-state index contributed by atoms with van der Waals surface area (Å²) < 4.78 is 2.36. The maximum absolute atomic E-state index is 9.35. The number of rotatable bonds is 2. The molecule has 1 aliphatic rings. The van der Waals surface area contributed by atoms with Gasteiger partial charge in [-0.25, -0.2) is 0 Å². The summed E-state index contributed by atoms with van der Waals surface area (Å²) in [5.74, 6) is 0. The Bertz CT molecular complexity index is 1880. The molecule has 0 bridgehead atoms. The van der Waals surface area contributed by atoms with Crippen molar-refractivity contribution < 1.29 is 0 Å². The van der Waals surface area contributed by atoms with Crippen LogP contribution in [0.1, 0.15) is 30.5 Å². The highest BCUT2D eigenvalue weighted by Gasteiger charge is 2.37. The van der Waals surface area contributed by atoms with Crippen molar-refractivity contribution in [1.82, 2.24) is 9.55 Å². The molecule has 0 saturated carbocycles. The van der Waals surface area contributed by atoms with Gasteiger partial charge in [0.2, 0.25) is 0 Å². The normalized spacial score (nSPS) is 13.5. The molecule has 7 rings (SSSR count). The summed E-state index contributed by atoms with van der Waals surface area (Å²) in [4.78, 5) is 4.53. The minimum absolute atomic E-state index is 0.0934. The van der Waals surface area contributed by atoms with E-state index in [4.69, 9.17) is 0 Å². The van der Waals surface area contributed by atoms with Crippen LogP contribution in [0.2, 0.25) is 0 Å². The molecule has 3 heteroatoms. The molecule has 4 aromatic carbocycles. The molecule has 2 heterocycles. The van der Waals surface area contributed by atoms with Crippen LogP contribution in [0.25, 0.3) is 49.9 Å². The molecule has 0 N–H and O–H groups in total. The second-order valence-corrected chi connectivity index (χ2v) is 10.00. The van der Waals surface area contributed by atoms with Crippen LogP contribution in [0.4, 0.5) is 0 Å². The number of hydrogen-bond donors (Lipinski definition) is 0. The average molecular weight is 462 g/mol. The van der Waals surface area contributed by atoms with E-state index in [2.05, 4.69) is 114 Å². The zero-order valence-electron chi connectivity index (χ0n) is 20.2. The fourth-order valence-electron chi connectivity index (χ4n) is 6.07. The van der Waals surface area contributed by atoms with Crippen LogP contribution < -0.4 is 0 Å². The Morgan fingerprint density at radius 2 is 1.61 bits per heavy atom. The summed E-state index contributed by atoms with van der Waals surface area (Å²) in [7, 11) is 0. The maximum Gasteiger partial charge on any atom is 0.0992 e. The van der Waals surface area contributed by atoms with Gasteiger partial charge in [0.05, 0.1) is 28.4 Å². The second-order valence-electron chi connectivity index (χ2n) is 10.00. The van der Waals surface area contributed by atoms with Gasteiger partial charge in [-0.2, -0.15) is 5.26 Å². The van der Waals surface area contributed by atoms with E-state index in [-0.39, 0.29) is 5.41 Å². The van der Waals surface area contributed by atoms with Gasteiger partial charge in [0, 0.05) is 33.6 Å². The van der Waals surface area contributed by atoms with E-state index in [1.165, 1.54) is 44.1 Å². The number of benzene rings is 4. The minimum atomic E-state index is -0.0934. The van der Waals surface area contributed by atoms with E-state index in [9.17, 15) is 5.26 Å². The van der Waals surface area contributed by atoms with Crippen LogP contribution in [0.3, 0.4) is 0 Å². The van der Waals surface area contributed by atoms with Gasteiger partial charge in [0.25, 0.3) is 0 Å². The highest BCUT2D eigenvalue weighted by atomic mass is 15.0. The van der Waals surface area contributed by atoms with Gasteiger partial charge in [-0.05, 0) is 58.7 Å². The number of fused-ring (bicyclic) bond motifs is 7. The zero-order valence-corrected chi connectivity index (χ0v) is 20.2. The fourth-order valence-corrected chi connectivity index (χ4v) is 6.07. The summed E-state index contributed by atoms with van der Waals surface area (Å²) >= 11 is 0.